The van der Waals surface area contributed by atoms with Gasteiger partial charge in [0.1, 0.15) is 5.75 Å². The molecule has 2 aromatic rings. The van der Waals surface area contributed by atoms with Crippen molar-refractivity contribution in [1.82, 2.24) is 10.1 Å². The third-order valence-electron chi connectivity index (χ3n) is 5.05. The third-order valence-corrected chi connectivity index (χ3v) is 5.05. The van der Waals surface area contributed by atoms with Crippen LogP contribution in [0.2, 0.25) is 0 Å². The van der Waals surface area contributed by atoms with Crippen LogP contribution in [0.5, 0.6) is 5.75 Å². The molecule has 130 valence electrons. The SMILES string of the molecule is Cl.NC1(c2noc(-c3cccc(OC4CCCCC4)c3)n2)CCC1. The Kier molecular flexibility index (Phi) is 5.11. The van der Waals surface area contributed by atoms with E-state index in [4.69, 9.17) is 15.0 Å². The minimum Gasteiger partial charge on any atom is -0.490 e. The van der Waals surface area contributed by atoms with Crippen molar-refractivity contribution in [3.8, 4) is 17.2 Å². The summed E-state index contributed by atoms with van der Waals surface area (Å²) in [5.74, 6) is 2.02. The Morgan fingerprint density at radius 2 is 1.92 bits per heavy atom. The average molecular weight is 350 g/mol. The zero-order valence-electron chi connectivity index (χ0n) is 13.7. The summed E-state index contributed by atoms with van der Waals surface area (Å²) in [6, 6.07) is 7.91. The number of ether oxygens (including phenoxy) is 1. The maximum absolute atomic E-state index is 6.26. The number of nitrogens with zero attached hydrogens (tertiary/aromatic N) is 2. The highest BCUT2D eigenvalue weighted by molar-refractivity contribution is 5.85. The molecule has 6 heteroatoms. The molecule has 2 fully saturated rings. The van der Waals surface area contributed by atoms with Crippen molar-refractivity contribution in [2.75, 3.05) is 0 Å². The van der Waals surface area contributed by atoms with Gasteiger partial charge in [0.05, 0.1) is 11.6 Å². The lowest BCUT2D eigenvalue weighted by molar-refractivity contribution is 0.155. The fourth-order valence-corrected chi connectivity index (χ4v) is 3.40. The number of benzene rings is 1. The zero-order chi connectivity index (χ0) is 15.7. The second-order valence-electron chi connectivity index (χ2n) is 6.84. The second-order valence-corrected chi connectivity index (χ2v) is 6.84. The summed E-state index contributed by atoms with van der Waals surface area (Å²) >= 11 is 0. The van der Waals surface area contributed by atoms with Gasteiger partial charge in [-0.2, -0.15) is 4.98 Å². The summed E-state index contributed by atoms with van der Waals surface area (Å²) in [6.07, 6.45) is 9.45. The van der Waals surface area contributed by atoms with Gasteiger partial charge in [-0.25, -0.2) is 0 Å². The largest absolute Gasteiger partial charge is 0.490 e. The Labute approximate surface area is 148 Å². The van der Waals surface area contributed by atoms with E-state index in [1.54, 1.807) is 0 Å². The Bertz CT molecular complexity index is 678. The molecule has 0 bridgehead atoms. The van der Waals surface area contributed by atoms with Gasteiger partial charge in [0.2, 0.25) is 0 Å². The first-order chi connectivity index (χ1) is 11.2. The van der Waals surface area contributed by atoms with Crippen molar-refractivity contribution < 1.29 is 9.26 Å². The molecule has 0 unspecified atom stereocenters. The summed E-state index contributed by atoms with van der Waals surface area (Å²) in [6.45, 7) is 0. The van der Waals surface area contributed by atoms with E-state index in [0.29, 0.717) is 17.8 Å². The number of hydrogen-bond donors (Lipinski definition) is 1. The molecule has 0 aliphatic heterocycles. The molecule has 2 aliphatic carbocycles. The van der Waals surface area contributed by atoms with Crippen molar-refractivity contribution in [2.24, 2.45) is 5.73 Å². The molecule has 0 saturated heterocycles. The molecule has 2 N–H and O–H groups in total. The van der Waals surface area contributed by atoms with Crippen LogP contribution in [-0.2, 0) is 5.54 Å². The first-order valence-corrected chi connectivity index (χ1v) is 8.63. The van der Waals surface area contributed by atoms with Gasteiger partial charge in [-0.05, 0) is 63.1 Å². The molecule has 0 amide bonds. The predicted molar refractivity (Wildman–Crippen MR) is 94.2 cm³/mol. The molecule has 1 aromatic heterocycles. The van der Waals surface area contributed by atoms with Crippen molar-refractivity contribution >= 4 is 12.4 Å². The Balaban J connectivity index is 0.00000169. The van der Waals surface area contributed by atoms with E-state index in [9.17, 15) is 0 Å². The van der Waals surface area contributed by atoms with Gasteiger partial charge < -0.3 is 15.0 Å². The molecular formula is C18H24ClN3O2. The van der Waals surface area contributed by atoms with Gasteiger partial charge in [-0.3, -0.25) is 0 Å². The summed E-state index contributed by atoms with van der Waals surface area (Å²) in [4.78, 5) is 4.50. The van der Waals surface area contributed by atoms with Crippen molar-refractivity contribution in [3.63, 3.8) is 0 Å². The summed E-state index contributed by atoms with van der Waals surface area (Å²) in [5.41, 5.74) is 6.76. The van der Waals surface area contributed by atoms with Crippen LogP contribution in [-0.4, -0.2) is 16.2 Å². The monoisotopic (exact) mass is 349 g/mol. The summed E-state index contributed by atoms with van der Waals surface area (Å²) < 4.78 is 11.5. The highest BCUT2D eigenvalue weighted by Gasteiger charge is 2.39. The predicted octanol–water partition coefficient (Wildman–Crippen LogP) is 4.21. The molecule has 24 heavy (non-hydrogen) atoms. The first kappa shape index (κ1) is 17.2. The van der Waals surface area contributed by atoms with Crippen molar-refractivity contribution in [2.45, 2.75) is 63.0 Å². The molecule has 5 nitrogen and oxygen atoms in total. The second kappa shape index (κ2) is 7.11. The average Bonchev–Trinajstić information content (AvgIpc) is 3.04. The van der Waals surface area contributed by atoms with Crippen LogP contribution in [0.1, 0.15) is 57.2 Å². The Morgan fingerprint density at radius 1 is 1.12 bits per heavy atom. The van der Waals surface area contributed by atoms with E-state index >= 15 is 0 Å². The Hall–Kier alpha value is -1.59. The first-order valence-electron chi connectivity index (χ1n) is 8.63. The van der Waals surface area contributed by atoms with E-state index < -0.39 is 5.54 Å². The standard InChI is InChI=1S/C18H23N3O2.ClH/c19-18(10-5-11-18)17-20-16(23-21-17)13-6-4-9-15(12-13)22-14-7-2-1-3-8-14;/h4,6,9,12,14H,1-3,5,7-8,10-11,19H2;1H. The maximum atomic E-state index is 6.26. The lowest BCUT2D eigenvalue weighted by atomic mass is 9.77. The third kappa shape index (κ3) is 3.42. The fraction of sp³-hybridized carbons (Fsp3) is 0.556. The van der Waals surface area contributed by atoms with Crippen molar-refractivity contribution in [1.29, 1.82) is 0 Å². The van der Waals surface area contributed by atoms with Crippen LogP contribution in [0, 0.1) is 0 Å². The van der Waals surface area contributed by atoms with Gasteiger partial charge in [-0.15, -0.1) is 12.4 Å². The van der Waals surface area contributed by atoms with E-state index in [1.165, 1.54) is 19.3 Å². The van der Waals surface area contributed by atoms with Crippen LogP contribution < -0.4 is 10.5 Å². The fourth-order valence-electron chi connectivity index (χ4n) is 3.40. The topological polar surface area (TPSA) is 74.2 Å². The highest BCUT2D eigenvalue weighted by Crippen LogP contribution is 2.38. The van der Waals surface area contributed by atoms with Crippen molar-refractivity contribution in [3.05, 3.63) is 30.1 Å². The van der Waals surface area contributed by atoms with Gasteiger partial charge in [0.15, 0.2) is 5.82 Å². The van der Waals surface area contributed by atoms with E-state index in [-0.39, 0.29) is 12.4 Å². The number of hydrogen-bond acceptors (Lipinski definition) is 5. The molecule has 1 heterocycles. The molecule has 2 aliphatic rings. The quantitative estimate of drug-likeness (QED) is 0.895. The molecule has 0 atom stereocenters. The van der Waals surface area contributed by atoms with Gasteiger partial charge in [0.25, 0.3) is 5.89 Å². The molecule has 0 radical (unpaired) electrons. The number of aromatic nitrogens is 2. The lowest BCUT2D eigenvalue weighted by Gasteiger charge is -2.34. The number of rotatable bonds is 4. The molecular weight excluding hydrogens is 326 g/mol. The van der Waals surface area contributed by atoms with Gasteiger partial charge in [0, 0.05) is 5.56 Å². The van der Waals surface area contributed by atoms with E-state index in [1.807, 2.05) is 24.3 Å². The highest BCUT2D eigenvalue weighted by atomic mass is 35.5. The van der Waals surface area contributed by atoms with Crippen LogP contribution in [0.25, 0.3) is 11.5 Å². The van der Waals surface area contributed by atoms with Crippen LogP contribution >= 0.6 is 12.4 Å². The van der Waals surface area contributed by atoms with Gasteiger partial charge >= 0.3 is 0 Å². The summed E-state index contributed by atoms with van der Waals surface area (Å²) in [5, 5.41) is 4.08. The zero-order valence-corrected chi connectivity index (χ0v) is 14.6. The smallest absolute Gasteiger partial charge is 0.258 e. The molecule has 4 rings (SSSR count). The van der Waals surface area contributed by atoms with Crippen LogP contribution in [0.4, 0.5) is 0 Å². The number of nitrogens with two attached hydrogens (primary N) is 1. The van der Waals surface area contributed by atoms with Crippen LogP contribution in [0.15, 0.2) is 28.8 Å². The molecule has 2 saturated carbocycles. The normalized spacial score (nSPS) is 20.0. The van der Waals surface area contributed by atoms with E-state index in [2.05, 4.69) is 10.1 Å². The number of halogens is 1. The Morgan fingerprint density at radius 3 is 2.62 bits per heavy atom. The minimum atomic E-state index is -0.391. The maximum Gasteiger partial charge on any atom is 0.258 e. The van der Waals surface area contributed by atoms with Crippen LogP contribution in [0.3, 0.4) is 0 Å². The molecule has 0 spiro atoms. The lowest BCUT2D eigenvalue weighted by Crippen LogP contribution is -2.44. The minimum absolute atomic E-state index is 0. The molecule has 1 aromatic carbocycles. The van der Waals surface area contributed by atoms with E-state index in [0.717, 1.165) is 43.4 Å². The summed E-state index contributed by atoms with van der Waals surface area (Å²) in [7, 11) is 0. The van der Waals surface area contributed by atoms with Gasteiger partial charge in [-0.1, -0.05) is 17.6 Å².